The Bertz CT molecular complexity index is 1090. The molecule has 1 aromatic carbocycles. The Morgan fingerprint density at radius 3 is 2.55 bits per heavy atom. The van der Waals surface area contributed by atoms with Crippen molar-refractivity contribution in [3.63, 3.8) is 0 Å². The van der Waals surface area contributed by atoms with Gasteiger partial charge in [-0.05, 0) is 60.6 Å². The van der Waals surface area contributed by atoms with Gasteiger partial charge in [-0.25, -0.2) is 9.97 Å². The SMILES string of the molecule is CC(C)(C)c1sc2ncnc(OC3CC4CCC3C4)c2c1-c1ccc(Cl)c(Cl)c1. The van der Waals surface area contributed by atoms with E-state index < -0.39 is 0 Å². The number of benzene rings is 1. The molecule has 2 saturated carbocycles. The second kappa shape index (κ2) is 7.11. The zero-order chi connectivity index (χ0) is 20.3. The summed E-state index contributed by atoms with van der Waals surface area (Å²) in [6.45, 7) is 6.67. The van der Waals surface area contributed by atoms with E-state index in [0.717, 1.165) is 33.7 Å². The Balaban J connectivity index is 1.69. The predicted molar refractivity (Wildman–Crippen MR) is 121 cm³/mol. The summed E-state index contributed by atoms with van der Waals surface area (Å²) in [6, 6.07) is 5.82. The third-order valence-electron chi connectivity index (χ3n) is 6.28. The molecule has 6 heteroatoms. The van der Waals surface area contributed by atoms with Crippen LogP contribution in [0.2, 0.25) is 10.0 Å². The van der Waals surface area contributed by atoms with E-state index in [4.69, 9.17) is 27.9 Å². The zero-order valence-corrected chi connectivity index (χ0v) is 19.2. The molecule has 0 amide bonds. The first-order valence-corrected chi connectivity index (χ1v) is 11.8. The maximum Gasteiger partial charge on any atom is 0.226 e. The quantitative estimate of drug-likeness (QED) is 0.416. The van der Waals surface area contributed by atoms with Crippen LogP contribution in [-0.4, -0.2) is 16.1 Å². The molecule has 152 valence electrons. The van der Waals surface area contributed by atoms with E-state index in [2.05, 4.69) is 30.7 Å². The minimum atomic E-state index is -0.0451. The molecule has 2 aliphatic carbocycles. The van der Waals surface area contributed by atoms with Crippen LogP contribution in [0.1, 0.15) is 51.3 Å². The number of hydrogen-bond acceptors (Lipinski definition) is 4. The molecule has 2 aromatic heterocycles. The van der Waals surface area contributed by atoms with Gasteiger partial charge in [-0.1, -0.05) is 50.0 Å². The summed E-state index contributed by atoms with van der Waals surface area (Å²) in [6.07, 6.45) is 6.98. The van der Waals surface area contributed by atoms with Crippen molar-refractivity contribution in [1.29, 1.82) is 0 Å². The van der Waals surface area contributed by atoms with Crippen molar-refractivity contribution < 1.29 is 4.74 Å². The van der Waals surface area contributed by atoms with Gasteiger partial charge in [0.25, 0.3) is 0 Å². The average molecular weight is 447 g/mol. The molecule has 2 heterocycles. The molecule has 3 aromatic rings. The molecule has 3 unspecified atom stereocenters. The van der Waals surface area contributed by atoms with Crippen molar-refractivity contribution in [3.05, 3.63) is 39.4 Å². The Hall–Kier alpha value is -1.36. The van der Waals surface area contributed by atoms with Crippen molar-refractivity contribution in [2.45, 2.75) is 58.0 Å². The minimum absolute atomic E-state index is 0.0451. The monoisotopic (exact) mass is 446 g/mol. The van der Waals surface area contributed by atoms with Gasteiger partial charge < -0.3 is 4.74 Å². The molecule has 29 heavy (non-hydrogen) atoms. The van der Waals surface area contributed by atoms with Crippen molar-refractivity contribution in [3.8, 4) is 17.0 Å². The summed E-state index contributed by atoms with van der Waals surface area (Å²) < 4.78 is 6.56. The molecule has 2 aliphatic rings. The molecular formula is C23H24Cl2N2OS. The normalized spacial score (nSPS) is 23.8. The van der Waals surface area contributed by atoms with E-state index in [-0.39, 0.29) is 11.5 Å². The molecule has 2 fully saturated rings. The van der Waals surface area contributed by atoms with Crippen molar-refractivity contribution in [2.75, 3.05) is 0 Å². The lowest BCUT2D eigenvalue weighted by Gasteiger charge is -2.23. The number of nitrogens with zero attached hydrogens (tertiary/aromatic N) is 2. The van der Waals surface area contributed by atoms with E-state index in [1.54, 1.807) is 17.7 Å². The van der Waals surface area contributed by atoms with E-state index >= 15 is 0 Å². The molecule has 3 atom stereocenters. The number of hydrogen-bond donors (Lipinski definition) is 0. The molecule has 3 nitrogen and oxygen atoms in total. The molecule has 5 rings (SSSR count). The fourth-order valence-corrected chi connectivity index (χ4v) is 6.44. The second-order valence-electron chi connectivity index (χ2n) is 9.38. The molecule has 0 aliphatic heterocycles. The highest BCUT2D eigenvalue weighted by Gasteiger charge is 2.41. The van der Waals surface area contributed by atoms with Crippen LogP contribution in [-0.2, 0) is 5.41 Å². The molecule has 0 saturated heterocycles. The molecule has 0 N–H and O–H groups in total. The largest absolute Gasteiger partial charge is 0.473 e. The van der Waals surface area contributed by atoms with Crippen molar-refractivity contribution in [1.82, 2.24) is 9.97 Å². The highest BCUT2D eigenvalue weighted by atomic mass is 35.5. The molecule has 2 bridgehead atoms. The zero-order valence-electron chi connectivity index (χ0n) is 16.8. The smallest absolute Gasteiger partial charge is 0.226 e. The summed E-state index contributed by atoms with van der Waals surface area (Å²) >= 11 is 14.3. The van der Waals surface area contributed by atoms with Gasteiger partial charge in [-0.2, -0.15) is 0 Å². The maximum atomic E-state index is 6.56. The van der Waals surface area contributed by atoms with E-state index in [1.807, 2.05) is 18.2 Å². The number of rotatable bonds is 3. The number of thiophene rings is 1. The summed E-state index contributed by atoms with van der Waals surface area (Å²) in [5.74, 6) is 2.20. The lowest BCUT2D eigenvalue weighted by molar-refractivity contribution is 0.134. The van der Waals surface area contributed by atoms with Crippen LogP contribution in [0.3, 0.4) is 0 Å². The number of ether oxygens (including phenoxy) is 1. The van der Waals surface area contributed by atoms with Crippen LogP contribution >= 0.6 is 34.5 Å². The lowest BCUT2D eigenvalue weighted by Crippen LogP contribution is -2.24. The third kappa shape index (κ3) is 3.43. The number of fused-ring (bicyclic) bond motifs is 3. The predicted octanol–water partition coefficient (Wildman–Crippen LogP) is 7.53. The number of aromatic nitrogens is 2. The van der Waals surface area contributed by atoms with Crippen LogP contribution in [0.25, 0.3) is 21.3 Å². The first-order valence-electron chi connectivity index (χ1n) is 10.2. The van der Waals surface area contributed by atoms with Crippen LogP contribution < -0.4 is 4.74 Å². The van der Waals surface area contributed by atoms with Crippen LogP contribution in [0, 0.1) is 11.8 Å². The van der Waals surface area contributed by atoms with Gasteiger partial charge >= 0.3 is 0 Å². The van der Waals surface area contributed by atoms with Crippen molar-refractivity contribution >= 4 is 44.8 Å². The van der Waals surface area contributed by atoms with E-state index in [1.165, 1.54) is 24.1 Å². The van der Waals surface area contributed by atoms with Crippen LogP contribution in [0.15, 0.2) is 24.5 Å². The van der Waals surface area contributed by atoms with Gasteiger partial charge in [0.15, 0.2) is 0 Å². The summed E-state index contributed by atoms with van der Waals surface area (Å²) in [5.41, 5.74) is 2.11. The van der Waals surface area contributed by atoms with Gasteiger partial charge in [-0.15, -0.1) is 11.3 Å². The third-order valence-corrected chi connectivity index (χ3v) is 8.54. The van der Waals surface area contributed by atoms with Crippen LogP contribution in [0.5, 0.6) is 5.88 Å². The first kappa shape index (κ1) is 19.6. The lowest BCUT2D eigenvalue weighted by atomic mass is 9.88. The summed E-state index contributed by atoms with van der Waals surface area (Å²) in [4.78, 5) is 11.4. The molecule has 0 radical (unpaired) electrons. The fourth-order valence-electron chi connectivity index (χ4n) is 4.93. The maximum absolute atomic E-state index is 6.56. The van der Waals surface area contributed by atoms with Gasteiger partial charge in [0.1, 0.15) is 17.3 Å². The molecular weight excluding hydrogens is 423 g/mol. The molecule has 0 spiro atoms. The standard InChI is InChI=1S/C23H24Cl2N2OS/c1-23(2,3)20-18(14-6-7-15(24)16(25)10-14)19-21(26-11-27-22(19)29-20)28-17-9-12-4-5-13(17)8-12/h6-7,10-13,17H,4-5,8-9H2,1-3H3. The fraction of sp³-hybridized carbons (Fsp3) is 0.478. The number of halogens is 2. The van der Waals surface area contributed by atoms with E-state index in [9.17, 15) is 0 Å². The van der Waals surface area contributed by atoms with Gasteiger partial charge in [0, 0.05) is 10.4 Å². The summed E-state index contributed by atoms with van der Waals surface area (Å²) in [7, 11) is 0. The van der Waals surface area contributed by atoms with Crippen LogP contribution in [0.4, 0.5) is 0 Å². The highest BCUT2D eigenvalue weighted by molar-refractivity contribution is 7.19. The van der Waals surface area contributed by atoms with Gasteiger partial charge in [0.2, 0.25) is 5.88 Å². The topological polar surface area (TPSA) is 35.0 Å². The Morgan fingerprint density at radius 1 is 1.07 bits per heavy atom. The van der Waals surface area contributed by atoms with Gasteiger partial charge in [-0.3, -0.25) is 0 Å². The van der Waals surface area contributed by atoms with E-state index in [0.29, 0.717) is 21.8 Å². The minimum Gasteiger partial charge on any atom is -0.473 e. The second-order valence-corrected chi connectivity index (χ2v) is 11.2. The van der Waals surface area contributed by atoms with Crippen molar-refractivity contribution in [2.24, 2.45) is 11.8 Å². The van der Waals surface area contributed by atoms with Gasteiger partial charge in [0.05, 0.1) is 15.4 Å². The Kier molecular flexibility index (Phi) is 4.80. The first-order chi connectivity index (χ1) is 13.8. The Labute approximate surface area is 185 Å². The summed E-state index contributed by atoms with van der Waals surface area (Å²) in [5, 5.41) is 2.11. The average Bonchev–Trinajstić information content (AvgIpc) is 3.37. The highest BCUT2D eigenvalue weighted by Crippen LogP contribution is 2.50. The Morgan fingerprint density at radius 2 is 1.90 bits per heavy atom.